The lowest BCUT2D eigenvalue weighted by Crippen LogP contribution is -2.34. The molecule has 2 nitrogen and oxygen atoms in total. The fourth-order valence-corrected chi connectivity index (χ4v) is 2.82. The van der Waals surface area contributed by atoms with Gasteiger partial charge in [0.2, 0.25) is 0 Å². The molecule has 0 bridgehead atoms. The first-order chi connectivity index (χ1) is 7.85. The number of thiazole rings is 1. The molecule has 17 heavy (non-hydrogen) atoms. The lowest BCUT2D eigenvalue weighted by Gasteiger charge is -2.18. The summed E-state index contributed by atoms with van der Waals surface area (Å²) >= 11 is 1.79. The molecule has 1 aromatic heterocycles. The molecule has 2 aromatic rings. The van der Waals surface area contributed by atoms with Crippen molar-refractivity contribution in [2.45, 2.75) is 45.6 Å². The largest absolute Gasteiger partial charge is 0.325 e. The fraction of sp³-hybridized carbons (Fsp3) is 0.500. The van der Waals surface area contributed by atoms with Crippen molar-refractivity contribution >= 4 is 21.6 Å². The molecule has 0 amide bonds. The van der Waals surface area contributed by atoms with Gasteiger partial charge >= 0.3 is 0 Å². The maximum atomic E-state index is 6.05. The van der Waals surface area contributed by atoms with Crippen molar-refractivity contribution < 1.29 is 0 Å². The second-order valence-corrected chi connectivity index (χ2v) is 6.74. The predicted octanol–water partition coefficient (Wildman–Crippen LogP) is 3.70. The van der Waals surface area contributed by atoms with E-state index < -0.39 is 0 Å². The molecule has 1 heterocycles. The summed E-state index contributed by atoms with van der Waals surface area (Å²) in [6.45, 7) is 8.47. The molecule has 0 atom stereocenters. The summed E-state index contributed by atoms with van der Waals surface area (Å²) in [5.41, 5.74) is 8.27. The van der Waals surface area contributed by atoms with Crippen LogP contribution in [0, 0.1) is 0 Å². The molecule has 92 valence electrons. The summed E-state index contributed by atoms with van der Waals surface area (Å²) in [4.78, 5) is 4.68. The molecule has 0 aliphatic heterocycles. The molecule has 0 aliphatic rings. The monoisotopic (exact) mass is 248 g/mol. The average Bonchev–Trinajstić information content (AvgIpc) is 2.57. The topological polar surface area (TPSA) is 38.9 Å². The lowest BCUT2D eigenvalue weighted by atomic mass is 9.96. The molecule has 0 aliphatic carbocycles. The van der Waals surface area contributed by atoms with Crippen molar-refractivity contribution in [3.8, 4) is 0 Å². The van der Waals surface area contributed by atoms with Crippen molar-refractivity contribution in [2.24, 2.45) is 5.73 Å². The smallest absolute Gasteiger partial charge is 0.0963 e. The number of aromatic nitrogens is 1. The fourth-order valence-electron chi connectivity index (χ4n) is 1.87. The van der Waals surface area contributed by atoms with Crippen LogP contribution in [-0.2, 0) is 6.42 Å². The van der Waals surface area contributed by atoms with Crippen LogP contribution in [-0.4, -0.2) is 10.5 Å². The molecule has 0 spiro atoms. The Morgan fingerprint density at radius 1 is 1.35 bits per heavy atom. The van der Waals surface area contributed by atoms with Crippen LogP contribution >= 0.6 is 11.3 Å². The first kappa shape index (κ1) is 12.5. The Balaban J connectivity index is 2.37. The second-order valence-electron chi connectivity index (χ2n) is 5.67. The standard InChI is InChI=1S/C14H20N2S/c1-9(2)13-16-11-7-10(8-14(3,4)15)5-6-12(11)17-13/h5-7,9H,8,15H2,1-4H3. The van der Waals surface area contributed by atoms with Gasteiger partial charge < -0.3 is 5.73 Å². The quantitative estimate of drug-likeness (QED) is 0.899. The Morgan fingerprint density at radius 3 is 2.65 bits per heavy atom. The zero-order chi connectivity index (χ0) is 12.6. The normalized spacial score (nSPS) is 12.6. The van der Waals surface area contributed by atoms with E-state index >= 15 is 0 Å². The predicted molar refractivity (Wildman–Crippen MR) is 75.7 cm³/mol. The molecule has 0 saturated heterocycles. The molecule has 1 aromatic carbocycles. The van der Waals surface area contributed by atoms with Gasteiger partial charge in [0, 0.05) is 11.5 Å². The van der Waals surface area contributed by atoms with E-state index in [0.29, 0.717) is 5.92 Å². The van der Waals surface area contributed by atoms with E-state index in [1.165, 1.54) is 15.3 Å². The van der Waals surface area contributed by atoms with Gasteiger partial charge in [-0.2, -0.15) is 0 Å². The molecule has 3 heteroatoms. The molecule has 0 saturated carbocycles. The van der Waals surface area contributed by atoms with Gasteiger partial charge in [0.25, 0.3) is 0 Å². The Kier molecular flexibility index (Phi) is 3.23. The molecule has 0 fully saturated rings. The first-order valence-corrected chi connectivity index (χ1v) is 6.85. The molecule has 0 radical (unpaired) electrons. The van der Waals surface area contributed by atoms with E-state index in [4.69, 9.17) is 5.73 Å². The van der Waals surface area contributed by atoms with Crippen LogP contribution in [0.5, 0.6) is 0 Å². The number of hydrogen-bond donors (Lipinski definition) is 1. The van der Waals surface area contributed by atoms with E-state index in [2.05, 4.69) is 50.9 Å². The summed E-state index contributed by atoms with van der Waals surface area (Å²) < 4.78 is 1.27. The third kappa shape index (κ3) is 3.05. The number of nitrogens with zero attached hydrogens (tertiary/aromatic N) is 1. The first-order valence-electron chi connectivity index (χ1n) is 6.03. The number of nitrogens with two attached hydrogens (primary N) is 1. The number of hydrogen-bond acceptors (Lipinski definition) is 3. The second kappa shape index (κ2) is 4.39. The Labute approximate surface area is 107 Å². The van der Waals surface area contributed by atoms with Crippen LogP contribution in [0.15, 0.2) is 18.2 Å². The summed E-state index contributed by atoms with van der Waals surface area (Å²) in [6.07, 6.45) is 0.886. The van der Waals surface area contributed by atoms with Gasteiger partial charge in [-0.05, 0) is 38.0 Å². The highest BCUT2D eigenvalue weighted by molar-refractivity contribution is 7.18. The van der Waals surface area contributed by atoms with E-state index in [-0.39, 0.29) is 5.54 Å². The Bertz CT molecular complexity index is 520. The number of benzene rings is 1. The summed E-state index contributed by atoms with van der Waals surface area (Å²) in [7, 11) is 0. The van der Waals surface area contributed by atoms with Crippen LogP contribution < -0.4 is 5.73 Å². The van der Waals surface area contributed by atoms with Crippen molar-refractivity contribution in [2.75, 3.05) is 0 Å². The van der Waals surface area contributed by atoms with E-state index in [0.717, 1.165) is 11.9 Å². The minimum absolute atomic E-state index is 0.162. The van der Waals surface area contributed by atoms with Gasteiger partial charge in [0.05, 0.1) is 15.2 Å². The van der Waals surface area contributed by atoms with Gasteiger partial charge in [-0.3, -0.25) is 0 Å². The molecular weight excluding hydrogens is 228 g/mol. The summed E-state index contributed by atoms with van der Waals surface area (Å²) in [6, 6.07) is 6.51. The highest BCUT2D eigenvalue weighted by Gasteiger charge is 2.13. The maximum Gasteiger partial charge on any atom is 0.0963 e. The Morgan fingerprint density at radius 2 is 2.06 bits per heavy atom. The number of fused-ring (bicyclic) bond motifs is 1. The minimum Gasteiger partial charge on any atom is -0.325 e. The van der Waals surface area contributed by atoms with E-state index in [1.54, 1.807) is 11.3 Å². The van der Waals surface area contributed by atoms with Gasteiger partial charge in [-0.1, -0.05) is 19.9 Å². The van der Waals surface area contributed by atoms with Crippen LogP contribution in [0.1, 0.15) is 44.2 Å². The third-order valence-electron chi connectivity index (χ3n) is 2.62. The maximum absolute atomic E-state index is 6.05. The highest BCUT2D eigenvalue weighted by atomic mass is 32.1. The van der Waals surface area contributed by atoms with E-state index in [9.17, 15) is 0 Å². The lowest BCUT2D eigenvalue weighted by molar-refractivity contribution is 0.517. The molecule has 0 unspecified atom stereocenters. The van der Waals surface area contributed by atoms with Crippen molar-refractivity contribution in [1.82, 2.24) is 4.98 Å². The molecular formula is C14H20N2S. The van der Waals surface area contributed by atoms with Crippen LogP contribution in [0.4, 0.5) is 0 Å². The van der Waals surface area contributed by atoms with Crippen molar-refractivity contribution in [1.29, 1.82) is 0 Å². The highest BCUT2D eigenvalue weighted by Crippen LogP contribution is 2.28. The van der Waals surface area contributed by atoms with Gasteiger partial charge in [0.1, 0.15) is 0 Å². The zero-order valence-corrected chi connectivity index (χ0v) is 11.8. The Hall–Kier alpha value is -0.930. The van der Waals surface area contributed by atoms with Gasteiger partial charge in [-0.25, -0.2) is 4.98 Å². The van der Waals surface area contributed by atoms with E-state index in [1.807, 2.05) is 0 Å². The molecule has 2 rings (SSSR count). The van der Waals surface area contributed by atoms with Crippen molar-refractivity contribution in [3.05, 3.63) is 28.8 Å². The molecule has 2 N–H and O–H groups in total. The van der Waals surface area contributed by atoms with Crippen LogP contribution in [0.3, 0.4) is 0 Å². The van der Waals surface area contributed by atoms with Crippen LogP contribution in [0.2, 0.25) is 0 Å². The van der Waals surface area contributed by atoms with Crippen LogP contribution in [0.25, 0.3) is 10.2 Å². The average molecular weight is 248 g/mol. The minimum atomic E-state index is -0.162. The van der Waals surface area contributed by atoms with Gasteiger partial charge in [-0.15, -0.1) is 11.3 Å². The third-order valence-corrected chi connectivity index (χ3v) is 3.96. The van der Waals surface area contributed by atoms with Crippen molar-refractivity contribution in [3.63, 3.8) is 0 Å². The summed E-state index contributed by atoms with van der Waals surface area (Å²) in [5, 5.41) is 1.21. The van der Waals surface area contributed by atoms with Gasteiger partial charge in [0.15, 0.2) is 0 Å². The SMILES string of the molecule is CC(C)c1nc2cc(CC(C)(C)N)ccc2s1. The zero-order valence-electron chi connectivity index (χ0n) is 10.9. The summed E-state index contributed by atoms with van der Waals surface area (Å²) in [5.74, 6) is 0.502. The number of rotatable bonds is 3.